The number of ether oxygens (including phenoxy) is 4. The number of urea groups is 4. The van der Waals surface area contributed by atoms with Crippen molar-refractivity contribution in [1.29, 1.82) is 0 Å². The SMILES string of the molecule is C=CCOC(=O)NC[C@H]1CNC(=O)N[C@@H](CNC(=O)OCC=C)CNC(=O)N[C@@H](CNC(=O)OCC=C)CNC(=O)N[C@@H](CNC(=O)OCC=C)CNC(=O)N1. The van der Waals surface area contributed by atoms with Crippen LogP contribution in [-0.2, 0) is 18.9 Å². The van der Waals surface area contributed by atoms with Gasteiger partial charge in [0.05, 0.1) is 24.2 Å². The Kier molecular flexibility index (Phi) is 24.1. The summed E-state index contributed by atoms with van der Waals surface area (Å²) in [5, 5.41) is 30.3. The molecule has 1 saturated heterocycles. The van der Waals surface area contributed by atoms with E-state index in [1.807, 2.05) is 0 Å². The van der Waals surface area contributed by atoms with Crippen molar-refractivity contribution < 1.29 is 57.3 Å². The highest BCUT2D eigenvalue weighted by Crippen LogP contribution is 1.92. The van der Waals surface area contributed by atoms with Crippen molar-refractivity contribution in [2.24, 2.45) is 0 Å². The molecule has 0 unspecified atom stereocenters. The van der Waals surface area contributed by atoms with Crippen LogP contribution >= 0.6 is 0 Å². The molecule has 0 aromatic carbocycles. The quantitative estimate of drug-likeness (QED) is 0.0616. The highest BCUT2D eigenvalue weighted by Gasteiger charge is 2.22. The van der Waals surface area contributed by atoms with Crippen LogP contribution in [0.15, 0.2) is 50.6 Å². The lowest BCUT2D eigenvalue weighted by molar-refractivity contribution is 0.155. The standard InChI is InChI=1S/C32H52N12O12/c1-5-9-53-29(49)37-17-21-13-33-26(46)42-23(19-39-31(51)55-11-7-3)15-35-28(48)44-24(20-40-32(52)56-12-8-4)16-36-27(47)43-22(14-34-25(45)41-21)18-38-30(50)54-10-6-2/h5-8,21-24H,1-4,9-20H2,(H,37,49)(H,38,50)(H,39,51)(H,40,52)(H2,34,41,45)(H2,33,42,46)(H2,36,43,47)(H2,35,44,48)/t21-,22-,23-,24-/m1/s1. The maximum absolute atomic E-state index is 13.0. The van der Waals surface area contributed by atoms with Crippen LogP contribution in [0.25, 0.3) is 0 Å². The second kappa shape index (κ2) is 28.6. The zero-order valence-corrected chi connectivity index (χ0v) is 30.8. The van der Waals surface area contributed by atoms with E-state index in [1.54, 1.807) is 0 Å². The summed E-state index contributed by atoms with van der Waals surface area (Å²) in [6.45, 7) is 11.5. The van der Waals surface area contributed by atoms with E-state index in [2.05, 4.69) is 90.1 Å². The lowest BCUT2D eigenvalue weighted by Crippen LogP contribution is -2.59. The van der Waals surface area contributed by atoms with Crippen molar-refractivity contribution in [2.75, 3.05) is 78.8 Å². The van der Waals surface area contributed by atoms with E-state index in [-0.39, 0.29) is 78.8 Å². The van der Waals surface area contributed by atoms with Crippen molar-refractivity contribution in [2.45, 2.75) is 24.2 Å². The molecule has 1 heterocycles. The number of alkyl carbamates (subject to hydrolysis) is 4. The highest BCUT2D eigenvalue weighted by molar-refractivity contribution is 5.78. The monoisotopic (exact) mass is 796 g/mol. The Labute approximate surface area is 323 Å². The fourth-order valence-corrected chi connectivity index (χ4v) is 4.07. The van der Waals surface area contributed by atoms with E-state index in [0.717, 1.165) is 0 Å². The third-order valence-electron chi connectivity index (χ3n) is 6.68. The van der Waals surface area contributed by atoms with Crippen molar-refractivity contribution >= 4 is 48.5 Å². The molecule has 0 radical (unpaired) electrons. The molecule has 12 amide bonds. The van der Waals surface area contributed by atoms with Gasteiger partial charge in [0.15, 0.2) is 0 Å². The Morgan fingerprint density at radius 1 is 0.446 bits per heavy atom. The maximum Gasteiger partial charge on any atom is 0.407 e. The number of hydrogen-bond acceptors (Lipinski definition) is 12. The summed E-state index contributed by atoms with van der Waals surface area (Å²) >= 11 is 0. The molecule has 1 fully saturated rings. The van der Waals surface area contributed by atoms with Crippen molar-refractivity contribution in [3.8, 4) is 0 Å². The molecule has 312 valence electrons. The molecule has 12 N–H and O–H groups in total. The van der Waals surface area contributed by atoms with Gasteiger partial charge in [-0.1, -0.05) is 50.6 Å². The largest absolute Gasteiger partial charge is 0.445 e. The zero-order chi connectivity index (χ0) is 41.6. The molecule has 1 aliphatic rings. The van der Waals surface area contributed by atoms with Crippen LogP contribution in [0.3, 0.4) is 0 Å². The highest BCUT2D eigenvalue weighted by atomic mass is 16.6. The fraction of sp³-hybridized carbons (Fsp3) is 0.500. The van der Waals surface area contributed by atoms with Gasteiger partial charge in [0.2, 0.25) is 0 Å². The number of amides is 12. The molecule has 0 aliphatic carbocycles. The smallest absolute Gasteiger partial charge is 0.407 e. The molecule has 1 rings (SSSR count). The van der Waals surface area contributed by atoms with Gasteiger partial charge in [-0.2, -0.15) is 0 Å². The molecular weight excluding hydrogens is 744 g/mol. The van der Waals surface area contributed by atoms with Crippen LogP contribution in [0.4, 0.5) is 38.4 Å². The second-order valence-electron chi connectivity index (χ2n) is 11.3. The molecule has 0 aromatic rings. The van der Waals surface area contributed by atoms with Gasteiger partial charge in [0.25, 0.3) is 0 Å². The lowest BCUT2D eigenvalue weighted by atomic mass is 10.2. The Balaban J connectivity index is 3.29. The molecule has 0 saturated carbocycles. The molecule has 56 heavy (non-hydrogen) atoms. The van der Waals surface area contributed by atoms with Gasteiger partial charge in [-0.05, 0) is 0 Å². The summed E-state index contributed by atoms with van der Waals surface area (Å²) in [5.74, 6) is 0. The van der Waals surface area contributed by atoms with Crippen molar-refractivity contribution in [3.63, 3.8) is 0 Å². The molecule has 0 aromatic heterocycles. The number of nitrogens with one attached hydrogen (secondary N) is 12. The first kappa shape index (κ1) is 47.1. The number of carbonyl (C=O) groups is 8. The third-order valence-corrected chi connectivity index (χ3v) is 6.68. The number of rotatable bonds is 16. The first-order valence-electron chi connectivity index (χ1n) is 17.1. The zero-order valence-electron chi connectivity index (χ0n) is 30.8. The van der Waals surface area contributed by atoms with Gasteiger partial charge in [0, 0.05) is 52.4 Å². The predicted octanol–water partition coefficient (Wildman–Crippen LogP) is -1.68. The van der Waals surface area contributed by atoms with Gasteiger partial charge in [-0.3, -0.25) is 0 Å². The van der Waals surface area contributed by atoms with Crippen LogP contribution < -0.4 is 63.8 Å². The molecule has 24 nitrogen and oxygen atoms in total. The second-order valence-corrected chi connectivity index (χ2v) is 11.3. The summed E-state index contributed by atoms with van der Waals surface area (Å²) in [5.41, 5.74) is 0. The minimum absolute atomic E-state index is 0.0902. The van der Waals surface area contributed by atoms with Crippen LogP contribution in [0.1, 0.15) is 0 Å². The van der Waals surface area contributed by atoms with Crippen molar-refractivity contribution in [1.82, 2.24) is 63.8 Å². The Bertz CT molecular complexity index is 1170. The third kappa shape index (κ3) is 23.6. The average Bonchev–Trinajstić information content (AvgIpc) is 3.18. The maximum atomic E-state index is 13.0. The molecule has 0 bridgehead atoms. The van der Waals surface area contributed by atoms with Crippen LogP contribution in [-0.4, -0.2) is 151 Å². The molecule has 24 heteroatoms. The first-order valence-corrected chi connectivity index (χ1v) is 17.1. The number of hydrogen-bond donors (Lipinski definition) is 12. The van der Waals surface area contributed by atoms with E-state index < -0.39 is 72.7 Å². The summed E-state index contributed by atoms with van der Waals surface area (Å²) < 4.78 is 19.6. The molecule has 1 aliphatic heterocycles. The first-order chi connectivity index (χ1) is 26.9. The van der Waals surface area contributed by atoms with E-state index in [4.69, 9.17) is 18.9 Å². The average molecular weight is 797 g/mol. The van der Waals surface area contributed by atoms with Gasteiger partial charge < -0.3 is 82.7 Å². The molecule has 0 spiro atoms. The predicted molar refractivity (Wildman–Crippen MR) is 199 cm³/mol. The topological polar surface area (TPSA) is 318 Å². The minimum Gasteiger partial charge on any atom is -0.445 e. The minimum atomic E-state index is -0.946. The lowest BCUT2D eigenvalue weighted by Gasteiger charge is -2.25. The van der Waals surface area contributed by atoms with Crippen LogP contribution in [0, 0.1) is 0 Å². The van der Waals surface area contributed by atoms with Crippen LogP contribution in [0.5, 0.6) is 0 Å². The summed E-state index contributed by atoms with van der Waals surface area (Å²) in [7, 11) is 0. The fourth-order valence-electron chi connectivity index (χ4n) is 4.07. The summed E-state index contributed by atoms with van der Waals surface area (Å²) in [4.78, 5) is 100. The van der Waals surface area contributed by atoms with E-state index in [1.165, 1.54) is 24.3 Å². The van der Waals surface area contributed by atoms with Crippen LogP contribution in [0.2, 0.25) is 0 Å². The Hall–Kier alpha value is -6.88. The Morgan fingerprint density at radius 2 is 0.643 bits per heavy atom. The van der Waals surface area contributed by atoms with Gasteiger partial charge in [-0.25, -0.2) is 38.4 Å². The summed E-state index contributed by atoms with van der Waals surface area (Å²) in [6.07, 6.45) is 2.04. The van der Waals surface area contributed by atoms with E-state index in [9.17, 15) is 38.4 Å². The molecule has 4 atom stereocenters. The summed E-state index contributed by atoms with van der Waals surface area (Å²) in [6, 6.07) is -6.97. The normalized spacial score (nSPS) is 19.4. The number of carbonyl (C=O) groups excluding carboxylic acids is 8. The van der Waals surface area contributed by atoms with E-state index in [0.29, 0.717) is 0 Å². The van der Waals surface area contributed by atoms with Crippen molar-refractivity contribution in [3.05, 3.63) is 50.6 Å². The van der Waals surface area contributed by atoms with E-state index >= 15 is 0 Å². The molecular formula is C32H52N12O12. The van der Waals surface area contributed by atoms with Gasteiger partial charge in [0.1, 0.15) is 26.4 Å². The Morgan fingerprint density at radius 3 is 0.821 bits per heavy atom. The van der Waals surface area contributed by atoms with Gasteiger partial charge >= 0.3 is 48.5 Å². The van der Waals surface area contributed by atoms with Gasteiger partial charge in [-0.15, -0.1) is 0 Å².